The molecule has 16 heavy (non-hydrogen) atoms. The topological polar surface area (TPSA) is 35.2 Å². The van der Waals surface area contributed by atoms with Gasteiger partial charge in [-0.25, -0.2) is 0 Å². The van der Waals surface area contributed by atoms with Gasteiger partial charge in [-0.1, -0.05) is 12.1 Å². The van der Waals surface area contributed by atoms with E-state index in [9.17, 15) is 0 Å². The lowest BCUT2D eigenvalue weighted by atomic mass is 10.1. The summed E-state index contributed by atoms with van der Waals surface area (Å²) in [5.74, 6) is 3.57. The van der Waals surface area contributed by atoms with Gasteiger partial charge in [0.05, 0.1) is 6.61 Å². The molecule has 1 rings (SSSR count). The van der Waals surface area contributed by atoms with Gasteiger partial charge in [-0.05, 0) is 37.0 Å². The number of aryl methyl sites for hydroxylation is 2. The zero-order chi connectivity index (χ0) is 12.0. The minimum Gasteiger partial charge on any atom is -0.493 e. The molecule has 86 valence electrons. The number of unbranched alkanes of at least 4 members (excludes halogenated alkanes) is 1. The second-order valence-electron chi connectivity index (χ2n) is 3.92. The third-order valence-corrected chi connectivity index (χ3v) is 2.47. The summed E-state index contributed by atoms with van der Waals surface area (Å²) in [5, 5.41) is 0. The summed E-state index contributed by atoms with van der Waals surface area (Å²) < 4.78 is 5.73. The highest BCUT2D eigenvalue weighted by atomic mass is 16.5. The Morgan fingerprint density at radius 2 is 1.94 bits per heavy atom. The number of nitrogens with two attached hydrogens (primary N) is 1. The molecule has 2 N–H and O–H groups in total. The molecule has 2 nitrogen and oxygen atoms in total. The molecular formula is C14H19NO. The fourth-order valence-electron chi connectivity index (χ4n) is 1.73. The second kappa shape index (κ2) is 6.19. The monoisotopic (exact) mass is 217 g/mol. The molecular weight excluding hydrogens is 198 g/mol. The SMILES string of the molecule is C#CCCCOc1c(C)cc(CN)cc1C. The molecule has 0 bridgehead atoms. The summed E-state index contributed by atoms with van der Waals surface area (Å²) in [6.07, 6.45) is 6.85. The number of rotatable bonds is 5. The highest BCUT2D eigenvalue weighted by Crippen LogP contribution is 2.24. The first-order chi connectivity index (χ1) is 7.69. The lowest BCUT2D eigenvalue weighted by molar-refractivity contribution is 0.308. The fraction of sp³-hybridized carbons (Fsp3) is 0.429. The van der Waals surface area contributed by atoms with Gasteiger partial charge < -0.3 is 10.5 Å². The molecule has 1 aromatic carbocycles. The van der Waals surface area contributed by atoms with Crippen LogP contribution in [0.25, 0.3) is 0 Å². The molecule has 0 unspecified atom stereocenters. The molecule has 0 spiro atoms. The van der Waals surface area contributed by atoms with Gasteiger partial charge in [0.25, 0.3) is 0 Å². The van der Waals surface area contributed by atoms with Crippen LogP contribution in [0.1, 0.15) is 29.5 Å². The van der Waals surface area contributed by atoms with E-state index in [0.29, 0.717) is 13.2 Å². The average molecular weight is 217 g/mol. The smallest absolute Gasteiger partial charge is 0.125 e. The maximum atomic E-state index is 5.73. The fourth-order valence-corrected chi connectivity index (χ4v) is 1.73. The Bertz CT molecular complexity index is 367. The third kappa shape index (κ3) is 3.29. The van der Waals surface area contributed by atoms with E-state index in [0.717, 1.165) is 35.3 Å². The van der Waals surface area contributed by atoms with Gasteiger partial charge in [-0.2, -0.15) is 0 Å². The largest absolute Gasteiger partial charge is 0.493 e. The number of ether oxygens (including phenoxy) is 1. The molecule has 0 aliphatic rings. The maximum absolute atomic E-state index is 5.73. The Balaban J connectivity index is 2.69. The Kier molecular flexibility index (Phi) is 4.88. The Morgan fingerprint density at radius 1 is 1.31 bits per heavy atom. The van der Waals surface area contributed by atoms with Gasteiger partial charge in [-0.15, -0.1) is 12.3 Å². The van der Waals surface area contributed by atoms with Crippen molar-refractivity contribution >= 4 is 0 Å². The number of terminal acetylenes is 1. The molecule has 0 saturated carbocycles. The minimum atomic E-state index is 0.569. The van der Waals surface area contributed by atoms with Gasteiger partial charge >= 0.3 is 0 Å². The molecule has 1 aromatic rings. The van der Waals surface area contributed by atoms with Crippen LogP contribution in [-0.4, -0.2) is 6.61 Å². The van der Waals surface area contributed by atoms with Gasteiger partial charge in [0.2, 0.25) is 0 Å². The Labute approximate surface area is 97.8 Å². The average Bonchev–Trinajstić information content (AvgIpc) is 2.26. The van der Waals surface area contributed by atoms with Crippen LogP contribution >= 0.6 is 0 Å². The van der Waals surface area contributed by atoms with Gasteiger partial charge in [0, 0.05) is 13.0 Å². The zero-order valence-corrected chi connectivity index (χ0v) is 10.0. The van der Waals surface area contributed by atoms with E-state index in [1.165, 1.54) is 0 Å². The van der Waals surface area contributed by atoms with Crippen LogP contribution < -0.4 is 10.5 Å². The first-order valence-electron chi connectivity index (χ1n) is 5.55. The Morgan fingerprint density at radius 3 is 2.44 bits per heavy atom. The van der Waals surface area contributed by atoms with E-state index in [4.69, 9.17) is 16.9 Å². The highest BCUT2D eigenvalue weighted by molar-refractivity contribution is 5.43. The van der Waals surface area contributed by atoms with Crippen LogP contribution in [0.15, 0.2) is 12.1 Å². The van der Waals surface area contributed by atoms with E-state index in [1.54, 1.807) is 0 Å². The summed E-state index contributed by atoms with van der Waals surface area (Å²) in [7, 11) is 0. The molecule has 0 aliphatic carbocycles. The zero-order valence-electron chi connectivity index (χ0n) is 10.0. The van der Waals surface area contributed by atoms with E-state index < -0.39 is 0 Å². The predicted octanol–water partition coefficient (Wildman–Crippen LogP) is 2.55. The van der Waals surface area contributed by atoms with E-state index in [-0.39, 0.29) is 0 Å². The van der Waals surface area contributed by atoms with Crippen LogP contribution in [0, 0.1) is 26.2 Å². The van der Waals surface area contributed by atoms with Crippen molar-refractivity contribution in [2.45, 2.75) is 33.2 Å². The Hall–Kier alpha value is -1.46. The van der Waals surface area contributed by atoms with Gasteiger partial charge in [0.1, 0.15) is 5.75 Å². The molecule has 0 radical (unpaired) electrons. The van der Waals surface area contributed by atoms with E-state index in [2.05, 4.69) is 18.1 Å². The van der Waals surface area contributed by atoms with Crippen molar-refractivity contribution in [1.82, 2.24) is 0 Å². The quantitative estimate of drug-likeness (QED) is 0.607. The van der Waals surface area contributed by atoms with Crippen molar-refractivity contribution < 1.29 is 4.74 Å². The van der Waals surface area contributed by atoms with E-state index in [1.807, 2.05) is 13.8 Å². The lowest BCUT2D eigenvalue weighted by Gasteiger charge is -2.13. The molecule has 0 aliphatic heterocycles. The molecule has 0 fully saturated rings. The molecule has 0 aromatic heterocycles. The number of benzene rings is 1. The minimum absolute atomic E-state index is 0.569. The lowest BCUT2D eigenvalue weighted by Crippen LogP contribution is -2.03. The van der Waals surface area contributed by atoms with Crippen molar-refractivity contribution in [3.05, 3.63) is 28.8 Å². The summed E-state index contributed by atoms with van der Waals surface area (Å²) >= 11 is 0. The van der Waals surface area contributed by atoms with Gasteiger partial charge in [-0.3, -0.25) is 0 Å². The summed E-state index contributed by atoms with van der Waals surface area (Å²) in [6.45, 7) is 5.33. The van der Waals surface area contributed by atoms with Crippen LogP contribution in [0.3, 0.4) is 0 Å². The van der Waals surface area contributed by atoms with Crippen LogP contribution in [0.5, 0.6) is 5.75 Å². The van der Waals surface area contributed by atoms with Crippen molar-refractivity contribution in [3.63, 3.8) is 0 Å². The summed E-state index contributed by atoms with van der Waals surface area (Å²) in [4.78, 5) is 0. The summed E-state index contributed by atoms with van der Waals surface area (Å²) in [6, 6.07) is 4.15. The molecule has 0 atom stereocenters. The number of hydrogen-bond acceptors (Lipinski definition) is 2. The number of hydrogen-bond donors (Lipinski definition) is 1. The van der Waals surface area contributed by atoms with Crippen LogP contribution in [0.4, 0.5) is 0 Å². The third-order valence-electron chi connectivity index (χ3n) is 2.47. The highest BCUT2D eigenvalue weighted by Gasteiger charge is 2.05. The predicted molar refractivity (Wildman–Crippen MR) is 67.4 cm³/mol. The normalized spacial score (nSPS) is 9.88. The molecule has 0 heterocycles. The van der Waals surface area contributed by atoms with Crippen LogP contribution in [-0.2, 0) is 6.54 Å². The first kappa shape index (κ1) is 12.6. The molecule has 2 heteroatoms. The van der Waals surface area contributed by atoms with Crippen molar-refractivity contribution in [2.75, 3.05) is 6.61 Å². The van der Waals surface area contributed by atoms with Gasteiger partial charge in [0.15, 0.2) is 0 Å². The second-order valence-corrected chi connectivity index (χ2v) is 3.92. The van der Waals surface area contributed by atoms with Crippen molar-refractivity contribution in [3.8, 4) is 18.1 Å². The van der Waals surface area contributed by atoms with Crippen LogP contribution in [0.2, 0.25) is 0 Å². The van der Waals surface area contributed by atoms with Crippen molar-refractivity contribution in [2.24, 2.45) is 5.73 Å². The molecule has 0 amide bonds. The molecule has 0 saturated heterocycles. The standard InChI is InChI=1S/C14H19NO/c1-4-5-6-7-16-14-11(2)8-13(10-15)9-12(14)3/h1,8-9H,5-7,10,15H2,2-3H3. The maximum Gasteiger partial charge on any atom is 0.125 e. The first-order valence-corrected chi connectivity index (χ1v) is 5.55. The van der Waals surface area contributed by atoms with E-state index >= 15 is 0 Å². The van der Waals surface area contributed by atoms with Crippen molar-refractivity contribution in [1.29, 1.82) is 0 Å². The summed E-state index contributed by atoms with van der Waals surface area (Å²) in [5.41, 5.74) is 9.04.